The molecule has 0 aliphatic carbocycles. The highest BCUT2D eigenvalue weighted by atomic mass is 19.4. The van der Waals surface area contributed by atoms with Crippen molar-refractivity contribution >= 4 is 11.6 Å². The molecule has 0 bridgehead atoms. The molecule has 1 rings (SSSR count). The third-order valence-corrected chi connectivity index (χ3v) is 2.42. The van der Waals surface area contributed by atoms with Crippen LogP contribution in [-0.2, 0) is 11.0 Å². The van der Waals surface area contributed by atoms with Crippen molar-refractivity contribution in [3.8, 4) is 6.07 Å². The number of hydrogen-bond acceptors (Lipinski definition) is 2. The summed E-state index contributed by atoms with van der Waals surface area (Å²) in [5.41, 5.74) is -1.66. The first kappa shape index (κ1) is 15.0. The van der Waals surface area contributed by atoms with E-state index in [0.717, 1.165) is 6.07 Å². The van der Waals surface area contributed by atoms with Crippen LogP contribution in [0.25, 0.3) is 0 Å². The van der Waals surface area contributed by atoms with E-state index in [0.29, 0.717) is 12.1 Å². The monoisotopic (exact) mass is 274 g/mol. The van der Waals surface area contributed by atoms with E-state index < -0.39 is 29.4 Å². The van der Waals surface area contributed by atoms with Gasteiger partial charge in [-0.3, -0.25) is 4.79 Å². The van der Waals surface area contributed by atoms with Gasteiger partial charge >= 0.3 is 6.18 Å². The summed E-state index contributed by atoms with van der Waals surface area (Å²) in [5, 5.41) is 10.8. The van der Waals surface area contributed by atoms with Gasteiger partial charge in [-0.2, -0.15) is 18.4 Å². The average molecular weight is 274 g/mol. The molecule has 0 aliphatic rings. The number of amides is 1. The van der Waals surface area contributed by atoms with Gasteiger partial charge in [-0.15, -0.1) is 0 Å². The van der Waals surface area contributed by atoms with Crippen molar-refractivity contribution in [3.63, 3.8) is 0 Å². The summed E-state index contributed by atoms with van der Waals surface area (Å²) < 4.78 is 50.4. The normalized spacial score (nSPS) is 12.6. The summed E-state index contributed by atoms with van der Waals surface area (Å²) >= 11 is 0. The van der Waals surface area contributed by atoms with Crippen LogP contribution < -0.4 is 5.32 Å². The molecule has 19 heavy (non-hydrogen) atoms. The van der Waals surface area contributed by atoms with E-state index in [1.54, 1.807) is 13.0 Å². The Kier molecular flexibility index (Phi) is 4.48. The Hall–Kier alpha value is -2.10. The third kappa shape index (κ3) is 3.68. The van der Waals surface area contributed by atoms with Crippen molar-refractivity contribution in [1.29, 1.82) is 5.26 Å². The molecule has 1 aromatic carbocycles. The van der Waals surface area contributed by atoms with E-state index in [2.05, 4.69) is 5.32 Å². The lowest BCUT2D eigenvalue weighted by Gasteiger charge is -2.12. The molecule has 1 aromatic rings. The highest BCUT2D eigenvalue weighted by molar-refractivity contribution is 5.94. The second-order valence-corrected chi connectivity index (χ2v) is 3.77. The molecule has 0 aromatic heterocycles. The van der Waals surface area contributed by atoms with Crippen molar-refractivity contribution in [2.45, 2.75) is 19.5 Å². The molecule has 0 fully saturated rings. The molecular formula is C12H10F4N2O. The summed E-state index contributed by atoms with van der Waals surface area (Å²) in [6.45, 7) is 1.60. The van der Waals surface area contributed by atoms with E-state index in [4.69, 9.17) is 5.26 Å². The topological polar surface area (TPSA) is 52.9 Å². The van der Waals surface area contributed by atoms with Crippen LogP contribution >= 0.6 is 0 Å². The van der Waals surface area contributed by atoms with Gasteiger partial charge in [0.15, 0.2) is 0 Å². The van der Waals surface area contributed by atoms with Gasteiger partial charge in [-0.1, -0.05) is 6.92 Å². The maximum atomic E-state index is 13.0. The van der Waals surface area contributed by atoms with Crippen molar-refractivity contribution in [2.75, 3.05) is 5.32 Å². The summed E-state index contributed by atoms with van der Waals surface area (Å²) in [6.07, 6.45) is -4.61. The van der Waals surface area contributed by atoms with Gasteiger partial charge in [0.2, 0.25) is 5.91 Å². The fraction of sp³-hybridized carbons (Fsp3) is 0.333. The molecule has 0 saturated heterocycles. The number of alkyl halides is 3. The van der Waals surface area contributed by atoms with Crippen LogP contribution in [-0.4, -0.2) is 5.91 Å². The number of nitrogens with one attached hydrogen (secondary N) is 1. The molecule has 7 heteroatoms. The van der Waals surface area contributed by atoms with Crippen LogP contribution in [0.1, 0.15) is 18.9 Å². The number of hydrogen-bond donors (Lipinski definition) is 1. The smallest absolute Gasteiger partial charge is 0.325 e. The SMILES string of the molecule is CCC(C#N)C(=O)Nc1ccc(F)c(C(F)(F)F)c1. The summed E-state index contributed by atoms with van der Waals surface area (Å²) in [5.74, 6) is -3.10. The number of rotatable bonds is 3. The molecule has 1 amide bonds. The standard InChI is InChI=1S/C12H10F4N2O/c1-2-7(6-17)11(19)18-8-3-4-10(13)9(5-8)12(14,15)16/h3-5,7H,2H2,1H3,(H,18,19). The predicted molar refractivity (Wildman–Crippen MR) is 59.4 cm³/mol. The number of carbonyl (C=O) groups excluding carboxylic acids is 1. The summed E-state index contributed by atoms with van der Waals surface area (Å²) in [6, 6.07) is 3.84. The van der Waals surface area contributed by atoms with Crippen molar-refractivity contribution in [2.24, 2.45) is 5.92 Å². The molecule has 1 unspecified atom stereocenters. The zero-order valence-corrected chi connectivity index (χ0v) is 9.88. The van der Waals surface area contributed by atoms with E-state index in [9.17, 15) is 22.4 Å². The lowest BCUT2D eigenvalue weighted by atomic mass is 10.1. The average Bonchev–Trinajstić information content (AvgIpc) is 2.31. The minimum absolute atomic E-state index is 0.201. The van der Waals surface area contributed by atoms with Gasteiger partial charge in [0.1, 0.15) is 11.7 Å². The Morgan fingerprint density at radius 1 is 1.47 bits per heavy atom. The summed E-state index contributed by atoms with van der Waals surface area (Å²) in [7, 11) is 0. The number of halogens is 4. The maximum absolute atomic E-state index is 13.0. The second kappa shape index (κ2) is 5.69. The van der Waals surface area contributed by atoms with Crippen molar-refractivity contribution < 1.29 is 22.4 Å². The van der Waals surface area contributed by atoms with Crippen LogP contribution in [0.4, 0.5) is 23.2 Å². The van der Waals surface area contributed by atoms with Gasteiger partial charge in [-0.05, 0) is 24.6 Å². The number of benzene rings is 1. The van der Waals surface area contributed by atoms with Gasteiger partial charge in [0, 0.05) is 5.69 Å². The highest BCUT2D eigenvalue weighted by Gasteiger charge is 2.34. The molecule has 0 radical (unpaired) electrons. The number of nitriles is 1. The Morgan fingerprint density at radius 2 is 2.11 bits per heavy atom. The quantitative estimate of drug-likeness (QED) is 0.859. The minimum Gasteiger partial charge on any atom is -0.325 e. The Labute approximate surface area is 106 Å². The second-order valence-electron chi connectivity index (χ2n) is 3.77. The molecule has 0 aliphatic heterocycles. The van der Waals surface area contributed by atoms with E-state index >= 15 is 0 Å². The Balaban J connectivity index is 2.99. The van der Waals surface area contributed by atoms with Crippen LogP contribution in [0, 0.1) is 23.1 Å². The zero-order valence-electron chi connectivity index (χ0n) is 9.88. The fourth-order valence-electron chi connectivity index (χ4n) is 1.38. The zero-order chi connectivity index (χ0) is 14.6. The minimum atomic E-state index is -4.84. The fourth-order valence-corrected chi connectivity index (χ4v) is 1.38. The first-order valence-corrected chi connectivity index (χ1v) is 5.36. The molecule has 1 N–H and O–H groups in total. The van der Waals surface area contributed by atoms with Crippen LogP contribution in [0.15, 0.2) is 18.2 Å². The molecule has 0 spiro atoms. The van der Waals surface area contributed by atoms with E-state index in [1.807, 2.05) is 0 Å². The lowest BCUT2D eigenvalue weighted by molar-refractivity contribution is -0.140. The molecular weight excluding hydrogens is 264 g/mol. The third-order valence-electron chi connectivity index (χ3n) is 2.42. The van der Waals surface area contributed by atoms with E-state index in [1.165, 1.54) is 0 Å². The van der Waals surface area contributed by atoms with Crippen LogP contribution in [0.3, 0.4) is 0 Å². The Bertz CT molecular complexity index is 519. The number of anilines is 1. The largest absolute Gasteiger partial charge is 0.419 e. The molecule has 0 heterocycles. The van der Waals surface area contributed by atoms with E-state index in [-0.39, 0.29) is 12.1 Å². The number of carbonyl (C=O) groups is 1. The highest BCUT2D eigenvalue weighted by Crippen LogP contribution is 2.33. The predicted octanol–water partition coefficient (Wildman–Crippen LogP) is 3.33. The van der Waals surface area contributed by atoms with Gasteiger partial charge in [0.25, 0.3) is 0 Å². The first-order chi connectivity index (χ1) is 8.79. The number of nitrogens with zero attached hydrogens (tertiary/aromatic N) is 1. The van der Waals surface area contributed by atoms with Gasteiger partial charge in [-0.25, -0.2) is 4.39 Å². The Morgan fingerprint density at radius 3 is 2.58 bits per heavy atom. The molecule has 3 nitrogen and oxygen atoms in total. The van der Waals surface area contributed by atoms with Crippen LogP contribution in [0.5, 0.6) is 0 Å². The molecule has 102 valence electrons. The molecule has 1 atom stereocenters. The maximum Gasteiger partial charge on any atom is 0.419 e. The summed E-state index contributed by atoms with van der Waals surface area (Å²) in [4.78, 5) is 11.5. The van der Waals surface area contributed by atoms with Gasteiger partial charge < -0.3 is 5.32 Å². The lowest BCUT2D eigenvalue weighted by Crippen LogP contribution is -2.21. The van der Waals surface area contributed by atoms with Crippen LogP contribution in [0.2, 0.25) is 0 Å². The van der Waals surface area contributed by atoms with Crippen molar-refractivity contribution in [1.82, 2.24) is 0 Å². The molecule has 0 saturated carbocycles. The first-order valence-electron chi connectivity index (χ1n) is 5.36. The van der Waals surface area contributed by atoms with Crippen molar-refractivity contribution in [3.05, 3.63) is 29.6 Å². The van der Waals surface area contributed by atoms with Gasteiger partial charge in [0.05, 0.1) is 11.6 Å².